The summed E-state index contributed by atoms with van der Waals surface area (Å²) < 4.78 is 5.56. The number of carboxylic acids is 1. The van der Waals surface area contributed by atoms with Gasteiger partial charge >= 0.3 is 12.0 Å². The summed E-state index contributed by atoms with van der Waals surface area (Å²) in [5.41, 5.74) is -1.96. The number of likely N-dealkylation sites (N-methyl/N-ethyl adjacent to an activating group) is 1. The van der Waals surface area contributed by atoms with Crippen molar-refractivity contribution in [3.05, 3.63) is 0 Å². The molecular formula is C14H27N3O4. The lowest BCUT2D eigenvalue weighted by Crippen LogP contribution is -2.59. The van der Waals surface area contributed by atoms with Crippen LogP contribution in [0, 0.1) is 5.41 Å². The SMILES string of the molecule is CN1CCOC(CNC(=O)NC(C)(C)C(C)(C)C(=O)O)C1. The van der Waals surface area contributed by atoms with E-state index in [1.54, 1.807) is 27.7 Å². The third-order valence-corrected chi connectivity index (χ3v) is 4.36. The normalized spacial score (nSPS) is 20.9. The zero-order valence-corrected chi connectivity index (χ0v) is 13.5. The number of carbonyl (C=O) groups is 2. The number of urea groups is 1. The van der Waals surface area contributed by atoms with Gasteiger partial charge in [0.05, 0.1) is 23.7 Å². The summed E-state index contributed by atoms with van der Waals surface area (Å²) in [5, 5.41) is 14.7. The molecule has 0 radical (unpaired) electrons. The van der Waals surface area contributed by atoms with Crippen LogP contribution < -0.4 is 10.6 Å². The number of hydrogen-bond donors (Lipinski definition) is 3. The van der Waals surface area contributed by atoms with E-state index in [2.05, 4.69) is 15.5 Å². The quantitative estimate of drug-likeness (QED) is 0.688. The van der Waals surface area contributed by atoms with Gasteiger partial charge in [-0.2, -0.15) is 0 Å². The van der Waals surface area contributed by atoms with E-state index < -0.39 is 16.9 Å². The molecule has 1 heterocycles. The topological polar surface area (TPSA) is 90.9 Å². The molecule has 3 N–H and O–H groups in total. The van der Waals surface area contributed by atoms with E-state index in [-0.39, 0.29) is 12.1 Å². The molecule has 1 rings (SSSR count). The second-order valence-corrected chi connectivity index (χ2v) is 6.65. The highest BCUT2D eigenvalue weighted by atomic mass is 16.5. The number of carboxylic acid groups (broad SMARTS) is 1. The van der Waals surface area contributed by atoms with Gasteiger partial charge in [0.25, 0.3) is 0 Å². The van der Waals surface area contributed by atoms with Crippen molar-refractivity contribution in [1.82, 2.24) is 15.5 Å². The lowest BCUT2D eigenvalue weighted by Gasteiger charge is -2.39. The number of nitrogens with zero attached hydrogens (tertiary/aromatic N) is 1. The fraction of sp³-hybridized carbons (Fsp3) is 0.857. The Morgan fingerprint density at radius 2 is 1.95 bits per heavy atom. The van der Waals surface area contributed by atoms with Crippen molar-refractivity contribution in [2.75, 3.05) is 33.3 Å². The molecule has 1 unspecified atom stereocenters. The Hall–Kier alpha value is -1.34. The average molecular weight is 301 g/mol. The van der Waals surface area contributed by atoms with Gasteiger partial charge in [0, 0.05) is 19.6 Å². The molecule has 0 spiro atoms. The second-order valence-electron chi connectivity index (χ2n) is 6.65. The molecule has 1 saturated heterocycles. The van der Waals surface area contributed by atoms with E-state index in [1.165, 1.54) is 0 Å². The van der Waals surface area contributed by atoms with Crippen molar-refractivity contribution in [2.24, 2.45) is 5.41 Å². The van der Waals surface area contributed by atoms with Crippen LogP contribution in [0.4, 0.5) is 4.79 Å². The summed E-state index contributed by atoms with van der Waals surface area (Å²) in [6.45, 7) is 9.30. The summed E-state index contributed by atoms with van der Waals surface area (Å²) in [4.78, 5) is 25.4. The van der Waals surface area contributed by atoms with Crippen LogP contribution in [-0.2, 0) is 9.53 Å². The molecule has 122 valence electrons. The largest absolute Gasteiger partial charge is 0.481 e. The lowest BCUT2D eigenvalue weighted by molar-refractivity contribution is -0.150. The maximum absolute atomic E-state index is 12.0. The van der Waals surface area contributed by atoms with E-state index in [4.69, 9.17) is 4.74 Å². The van der Waals surface area contributed by atoms with Gasteiger partial charge in [0.1, 0.15) is 0 Å². The van der Waals surface area contributed by atoms with E-state index in [9.17, 15) is 14.7 Å². The highest BCUT2D eigenvalue weighted by molar-refractivity contribution is 5.79. The monoisotopic (exact) mass is 301 g/mol. The minimum atomic E-state index is -1.08. The van der Waals surface area contributed by atoms with Crippen LogP contribution in [-0.4, -0.2) is 66.9 Å². The third kappa shape index (κ3) is 4.57. The number of aliphatic carboxylic acids is 1. The maximum atomic E-state index is 12.0. The minimum Gasteiger partial charge on any atom is -0.481 e. The maximum Gasteiger partial charge on any atom is 0.315 e. The average Bonchev–Trinajstić information content (AvgIpc) is 2.35. The summed E-state index contributed by atoms with van der Waals surface area (Å²) in [7, 11) is 2.01. The van der Waals surface area contributed by atoms with Gasteiger partial charge in [0.2, 0.25) is 0 Å². The number of nitrogens with one attached hydrogen (secondary N) is 2. The number of rotatable bonds is 5. The van der Waals surface area contributed by atoms with E-state index in [0.717, 1.165) is 13.1 Å². The third-order valence-electron chi connectivity index (χ3n) is 4.36. The zero-order chi connectivity index (χ0) is 16.3. The molecule has 0 saturated carbocycles. The van der Waals surface area contributed by atoms with Crippen LogP contribution >= 0.6 is 0 Å². The van der Waals surface area contributed by atoms with Gasteiger partial charge in [-0.25, -0.2) is 4.79 Å². The molecule has 0 aromatic carbocycles. The Morgan fingerprint density at radius 3 is 2.48 bits per heavy atom. The van der Waals surface area contributed by atoms with Crippen LogP contribution in [0.15, 0.2) is 0 Å². The highest BCUT2D eigenvalue weighted by Crippen LogP contribution is 2.30. The molecule has 1 aliphatic rings. The Bertz CT molecular complexity index is 396. The molecule has 1 aliphatic heterocycles. The van der Waals surface area contributed by atoms with Crippen molar-refractivity contribution in [3.63, 3.8) is 0 Å². The first-order chi connectivity index (χ1) is 9.56. The molecule has 0 aliphatic carbocycles. The van der Waals surface area contributed by atoms with Gasteiger partial charge < -0.3 is 25.4 Å². The van der Waals surface area contributed by atoms with Crippen LogP contribution in [0.3, 0.4) is 0 Å². The molecule has 0 aromatic rings. The molecule has 0 aromatic heterocycles. The number of amides is 2. The standard InChI is InChI=1S/C14H27N3O4/c1-13(2,11(18)19)14(3,4)16-12(20)15-8-10-9-17(5)6-7-21-10/h10H,6-9H2,1-5H3,(H,18,19)(H2,15,16,20). The van der Waals surface area contributed by atoms with Crippen LogP contribution in [0.2, 0.25) is 0 Å². The smallest absolute Gasteiger partial charge is 0.315 e. The van der Waals surface area contributed by atoms with Gasteiger partial charge in [-0.15, -0.1) is 0 Å². The molecule has 7 heteroatoms. The lowest BCUT2D eigenvalue weighted by atomic mass is 9.74. The number of ether oxygens (including phenoxy) is 1. The highest BCUT2D eigenvalue weighted by Gasteiger charge is 2.44. The predicted molar refractivity (Wildman–Crippen MR) is 79.3 cm³/mol. The molecule has 1 fully saturated rings. The minimum absolute atomic E-state index is 0.0369. The fourth-order valence-corrected chi connectivity index (χ4v) is 1.95. The summed E-state index contributed by atoms with van der Waals surface area (Å²) in [6.07, 6.45) is -0.0369. The molecule has 2 amide bonds. The number of carbonyl (C=O) groups excluding carboxylic acids is 1. The zero-order valence-electron chi connectivity index (χ0n) is 13.5. The Balaban J connectivity index is 2.47. The van der Waals surface area contributed by atoms with E-state index in [1.807, 2.05) is 7.05 Å². The first kappa shape index (κ1) is 17.7. The van der Waals surface area contributed by atoms with Crippen molar-refractivity contribution >= 4 is 12.0 Å². The Labute approximate surface area is 126 Å². The first-order valence-electron chi connectivity index (χ1n) is 7.16. The summed E-state index contributed by atoms with van der Waals surface area (Å²) in [6, 6.07) is -0.383. The van der Waals surface area contributed by atoms with Gasteiger partial charge in [-0.1, -0.05) is 0 Å². The Kier molecular flexibility index (Phi) is 5.58. The molecule has 7 nitrogen and oxygen atoms in total. The first-order valence-corrected chi connectivity index (χ1v) is 7.16. The molecule has 1 atom stereocenters. The van der Waals surface area contributed by atoms with Crippen LogP contribution in [0.5, 0.6) is 0 Å². The van der Waals surface area contributed by atoms with Crippen LogP contribution in [0.1, 0.15) is 27.7 Å². The van der Waals surface area contributed by atoms with E-state index in [0.29, 0.717) is 13.2 Å². The molecular weight excluding hydrogens is 274 g/mol. The second kappa shape index (κ2) is 6.62. The van der Waals surface area contributed by atoms with Crippen LogP contribution in [0.25, 0.3) is 0 Å². The van der Waals surface area contributed by atoms with Gasteiger partial charge in [0.15, 0.2) is 0 Å². The predicted octanol–water partition coefficient (Wildman–Crippen LogP) is 0.506. The van der Waals surface area contributed by atoms with Gasteiger partial charge in [-0.05, 0) is 34.7 Å². The van der Waals surface area contributed by atoms with Crippen molar-refractivity contribution in [2.45, 2.75) is 39.3 Å². The number of hydrogen-bond acceptors (Lipinski definition) is 4. The van der Waals surface area contributed by atoms with Crippen molar-refractivity contribution in [1.29, 1.82) is 0 Å². The van der Waals surface area contributed by atoms with Crippen molar-refractivity contribution in [3.8, 4) is 0 Å². The molecule has 21 heavy (non-hydrogen) atoms. The summed E-state index contributed by atoms with van der Waals surface area (Å²) >= 11 is 0. The van der Waals surface area contributed by atoms with Gasteiger partial charge in [-0.3, -0.25) is 4.79 Å². The van der Waals surface area contributed by atoms with Crippen molar-refractivity contribution < 1.29 is 19.4 Å². The number of morpholine rings is 1. The fourth-order valence-electron chi connectivity index (χ4n) is 1.95. The molecule has 0 bridgehead atoms. The Morgan fingerprint density at radius 1 is 1.33 bits per heavy atom. The summed E-state index contributed by atoms with van der Waals surface area (Å²) in [5.74, 6) is -0.954. The van der Waals surface area contributed by atoms with E-state index >= 15 is 0 Å².